The van der Waals surface area contributed by atoms with E-state index in [0.29, 0.717) is 18.4 Å². The molecule has 104 valence electrons. The molecule has 1 saturated carbocycles. The summed E-state index contributed by atoms with van der Waals surface area (Å²) in [6.07, 6.45) is 5.83. The quantitative estimate of drug-likeness (QED) is 0.670. The Kier molecular flexibility index (Phi) is 6.12. The highest BCUT2D eigenvalue weighted by Gasteiger charge is 2.20. The Labute approximate surface area is 109 Å². The number of nitrogens with one attached hydrogen (secondary N) is 2. The highest BCUT2D eigenvalue weighted by atomic mass is 16.2. The van der Waals surface area contributed by atoms with Gasteiger partial charge in [-0.3, -0.25) is 9.59 Å². The van der Waals surface area contributed by atoms with E-state index in [1.807, 2.05) is 0 Å². The minimum atomic E-state index is -0.462. The number of carbonyl (C=O) groups excluding carboxylic acids is 2. The lowest BCUT2D eigenvalue weighted by molar-refractivity contribution is -0.128. The van der Waals surface area contributed by atoms with E-state index in [-0.39, 0.29) is 11.8 Å². The number of hydrogen-bond acceptors (Lipinski definition) is 3. The summed E-state index contributed by atoms with van der Waals surface area (Å²) in [5, 5.41) is 5.21. The number of carbonyl (C=O) groups is 2. The molecular formula is C13H25N3O2. The van der Waals surface area contributed by atoms with Gasteiger partial charge < -0.3 is 16.4 Å². The average molecular weight is 255 g/mol. The summed E-state index contributed by atoms with van der Waals surface area (Å²) in [6.45, 7) is 1.69. The molecule has 2 amide bonds. The largest absolute Gasteiger partial charge is 0.357 e. The molecule has 1 rings (SSSR count). The van der Waals surface area contributed by atoms with Gasteiger partial charge in [-0.2, -0.15) is 0 Å². The Hall–Kier alpha value is -1.10. The number of nitrogens with two attached hydrogens (primary N) is 1. The van der Waals surface area contributed by atoms with Gasteiger partial charge in [-0.1, -0.05) is 12.8 Å². The summed E-state index contributed by atoms with van der Waals surface area (Å²) in [6, 6.07) is -0.160. The maximum absolute atomic E-state index is 11.7. The molecule has 0 aromatic rings. The third kappa shape index (κ3) is 5.04. The topological polar surface area (TPSA) is 84.2 Å². The van der Waals surface area contributed by atoms with Crippen LogP contribution in [0.1, 0.15) is 45.4 Å². The first-order chi connectivity index (χ1) is 8.52. The van der Waals surface area contributed by atoms with Crippen LogP contribution in [0.15, 0.2) is 0 Å². The van der Waals surface area contributed by atoms with Crippen molar-refractivity contribution in [1.29, 1.82) is 0 Å². The van der Waals surface area contributed by atoms with E-state index in [1.54, 1.807) is 14.0 Å². The summed E-state index contributed by atoms with van der Waals surface area (Å²) in [5.41, 5.74) is 5.92. The summed E-state index contributed by atoms with van der Waals surface area (Å²) in [5.74, 6) is 0.350. The van der Waals surface area contributed by atoms with Crippen LogP contribution < -0.4 is 16.4 Å². The normalized spacial score (nSPS) is 25.3. The van der Waals surface area contributed by atoms with E-state index in [0.717, 1.165) is 19.3 Å². The zero-order valence-corrected chi connectivity index (χ0v) is 11.4. The van der Waals surface area contributed by atoms with E-state index in [1.165, 1.54) is 12.8 Å². The lowest BCUT2D eigenvalue weighted by Crippen LogP contribution is -2.43. The molecule has 4 N–H and O–H groups in total. The fraction of sp³-hybridized carbons (Fsp3) is 0.846. The zero-order chi connectivity index (χ0) is 13.5. The minimum absolute atomic E-state index is 0.0507. The van der Waals surface area contributed by atoms with Crippen molar-refractivity contribution >= 4 is 11.8 Å². The van der Waals surface area contributed by atoms with E-state index in [2.05, 4.69) is 10.6 Å². The Balaban J connectivity index is 2.22. The molecule has 5 nitrogen and oxygen atoms in total. The van der Waals surface area contributed by atoms with Crippen molar-refractivity contribution in [3.05, 3.63) is 0 Å². The fourth-order valence-electron chi connectivity index (χ4n) is 2.53. The van der Waals surface area contributed by atoms with Crippen LogP contribution in [-0.4, -0.2) is 30.9 Å². The van der Waals surface area contributed by atoms with Gasteiger partial charge in [0.25, 0.3) is 0 Å². The fourth-order valence-corrected chi connectivity index (χ4v) is 2.53. The Bertz CT molecular complexity index is 294. The molecule has 0 bridgehead atoms. The van der Waals surface area contributed by atoms with Crippen LogP contribution in [0.3, 0.4) is 0 Å². The predicted molar refractivity (Wildman–Crippen MR) is 70.8 cm³/mol. The molecule has 18 heavy (non-hydrogen) atoms. The van der Waals surface area contributed by atoms with Gasteiger partial charge in [-0.15, -0.1) is 0 Å². The first kappa shape index (κ1) is 15.0. The smallest absolute Gasteiger partial charge is 0.242 e. The van der Waals surface area contributed by atoms with Gasteiger partial charge in [0, 0.05) is 19.5 Å². The molecule has 0 aromatic heterocycles. The highest BCUT2D eigenvalue weighted by molar-refractivity contribution is 5.86. The van der Waals surface area contributed by atoms with Crippen LogP contribution in [0.5, 0.6) is 0 Å². The van der Waals surface area contributed by atoms with Gasteiger partial charge in [-0.25, -0.2) is 0 Å². The Morgan fingerprint density at radius 3 is 2.72 bits per heavy atom. The molecule has 1 aliphatic carbocycles. The molecule has 1 aliphatic rings. The van der Waals surface area contributed by atoms with Crippen LogP contribution in [0.4, 0.5) is 0 Å². The van der Waals surface area contributed by atoms with Crippen molar-refractivity contribution in [1.82, 2.24) is 10.6 Å². The van der Waals surface area contributed by atoms with Gasteiger partial charge >= 0.3 is 0 Å². The summed E-state index contributed by atoms with van der Waals surface area (Å²) in [4.78, 5) is 22.9. The molecule has 0 heterocycles. The highest BCUT2D eigenvalue weighted by Crippen LogP contribution is 2.26. The van der Waals surface area contributed by atoms with Crippen molar-refractivity contribution in [3.8, 4) is 0 Å². The molecule has 0 spiro atoms. The van der Waals surface area contributed by atoms with Crippen LogP contribution >= 0.6 is 0 Å². The van der Waals surface area contributed by atoms with Gasteiger partial charge in [0.15, 0.2) is 0 Å². The zero-order valence-electron chi connectivity index (χ0n) is 11.4. The molecule has 0 aromatic carbocycles. The van der Waals surface area contributed by atoms with E-state index >= 15 is 0 Å². The van der Waals surface area contributed by atoms with Crippen LogP contribution in [0, 0.1) is 5.92 Å². The van der Waals surface area contributed by atoms with Crippen molar-refractivity contribution in [2.75, 3.05) is 7.05 Å². The summed E-state index contributed by atoms with van der Waals surface area (Å²) < 4.78 is 0. The second-order valence-electron chi connectivity index (χ2n) is 5.23. The minimum Gasteiger partial charge on any atom is -0.357 e. The standard InChI is InChI=1S/C13H25N3O2/c1-9(13(18)15-2)16-12(17)7-6-10-4-3-5-11(14)8-10/h9-11H,3-8,14H2,1-2H3,(H,15,18)(H,16,17). The Morgan fingerprint density at radius 2 is 2.11 bits per heavy atom. The predicted octanol–water partition coefficient (Wildman–Crippen LogP) is 0.535. The average Bonchev–Trinajstić information content (AvgIpc) is 2.35. The molecule has 0 saturated heterocycles. The lowest BCUT2D eigenvalue weighted by Gasteiger charge is -2.26. The number of rotatable bonds is 5. The summed E-state index contributed by atoms with van der Waals surface area (Å²) >= 11 is 0. The first-order valence-corrected chi connectivity index (χ1v) is 6.79. The van der Waals surface area contributed by atoms with Gasteiger partial charge in [0.05, 0.1) is 0 Å². The number of hydrogen-bond donors (Lipinski definition) is 3. The second-order valence-corrected chi connectivity index (χ2v) is 5.23. The third-order valence-corrected chi connectivity index (χ3v) is 3.62. The SMILES string of the molecule is CNC(=O)C(C)NC(=O)CCC1CCCC(N)C1. The summed E-state index contributed by atoms with van der Waals surface area (Å²) in [7, 11) is 1.56. The van der Waals surface area contributed by atoms with E-state index in [9.17, 15) is 9.59 Å². The van der Waals surface area contributed by atoms with Gasteiger partial charge in [0.1, 0.15) is 6.04 Å². The molecule has 0 aliphatic heterocycles. The van der Waals surface area contributed by atoms with Crippen molar-refractivity contribution < 1.29 is 9.59 Å². The van der Waals surface area contributed by atoms with Crippen molar-refractivity contribution in [2.45, 2.75) is 57.5 Å². The Morgan fingerprint density at radius 1 is 1.39 bits per heavy atom. The number of likely N-dealkylation sites (N-methyl/N-ethyl adjacent to an activating group) is 1. The van der Waals surface area contributed by atoms with E-state index in [4.69, 9.17) is 5.73 Å². The van der Waals surface area contributed by atoms with Crippen molar-refractivity contribution in [2.24, 2.45) is 11.7 Å². The lowest BCUT2D eigenvalue weighted by atomic mass is 9.83. The van der Waals surface area contributed by atoms with E-state index < -0.39 is 6.04 Å². The molecular weight excluding hydrogens is 230 g/mol. The molecule has 5 heteroatoms. The van der Waals surface area contributed by atoms with Crippen LogP contribution in [0.2, 0.25) is 0 Å². The maximum atomic E-state index is 11.7. The van der Waals surface area contributed by atoms with Crippen LogP contribution in [-0.2, 0) is 9.59 Å². The number of amides is 2. The first-order valence-electron chi connectivity index (χ1n) is 6.79. The molecule has 0 radical (unpaired) electrons. The second kappa shape index (κ2) is 7.36. The monoisotopic (exact) mass is 255 g/mol. The van der Waals surface area contributed by atoms with Gasteiger partial charge in [-0.05, 0) is 32.1 Å². The van der Waals surface area contributed by atoms with Crippen molar-refractivity contribution in [3.63, 3.8) is 0 Å². The van der Waals surface area contributed by atoms with Gasteiger partial charge in [0.2, 0.25) is 11.8 Å². The maximum Gasteiger partial charge on any atom is 0.242 e. The molecule has 1 fully saturated rings. The third-order valence-electron chi connectivity index (χ3n) is 3.62. The van der Waals surface area contributed by atoms with Crippen LogP contribution in [0.25, 0.3) is 0 Å². The molecule has 3 unspecified atom stereocenters. The molecule has 3 atom stereocenters.